The number of ether oxygens (including phenoxy) is 1. The van der Waals surface area contributed by atoms with E-state index in [-0.39, 0.29) is 11.8 Å². The van der Waals surface area contributed by atoms with Gasteiger partial charge in [-0.1, -0.05) is 30.3 Å². The largest absolute Gasteiger partial charge is 0.444 e. The van der Waals surface area contributed by atoms with Gasteiger partial charge in [-0.2, -0.15) is 0 Å². The zero-order valence-corrected chi connectivity index (χ0v) is 15.0. The zero-order valence-electron chi connectivity index (χ0n) is 15.0. The zero-order chi connectivity index (χ0) is 18.2. The second-order valence-corrected chi connectivity index (χ2v) is 6.97. The van der Waals surface area contributed by atoms with Gasteiger partial charge >= 0.3 is 6.09 Å². The Bertz CT molecular complexity index is 524. The number of carbonyl (C=O) groups excluding carboxylic acids is 2. The van der Waals surface area contributed by atoms with Crippen molar-refractivity contribution in [1.82, 2.24) is 10.6 Å². The quantitative estimate of drug-likeness (QED) is 0.709. The van der Waals surface area contributed by atoms with Crippen LogP contribution < -0.4 is 16.4 Å². The number of nitrogens with two attached hydrogens (primary N) is 1. The molecule has 0 aliphatic heterocycles. The van der Waals surface area contributed by atoms with Crippen molar-refractivity contribution in [2.45, 2.75) is 45.8 Å². The fourth-order valence-electron chi connectivity index (χ4n) is 2.11. The van der Waals surface area contributed by atoms with Gasteiger partial charge in [0.2, 0.25) is 5.91 Å². The molecule has 134 valence electrons. The third-order valence-corrected chi connectivity index (χ3v) is 3.28. The van der Waals surface area contributed by atoms with E-state index in [1.54, 1.807) is 6.92 Å². The molecule has 0 bridgehead atoms. The molecule has 1 aromatic rings. The minimum absolute atomic E-state index is 0.0441. The molecule has 0 saturated heterocycles. The molecule has 2 amide bonds. The lowest BCUT2D eigenvalue weighted by Gasteiger charge is -2.22. The van der Waals surface area contributed by atoms with Crippen LogP contribution in [0.25, 0.3) is 0 Å². The first-order valence-corrected chi connectivity index (χ1v) is 8.21. The van der Waals surface area contributed by atoms with E-state index in [1.807, 2.05) is 51.1 Å². The highest BCUT2D eigenvalue weighted by molar-refractivity contribution is 5.80. The molecule has 0 spiro atoms. The molecule has 6 heteroatoms. The van der Waals surface area contributed by atoms with E-state index in [0.717, 1.165) is 12.0 Å². The number of amides is 2. The number of rotatable bonds is 7. The van der Waals surface area contributed by atoms with E-state index in [9.17, 15) is 9.59 Å². The van der Waals surface area contributed by atoms with Gasteiger partial charge in [-0.25, -0.2) is 4.79 Å². The molecule has 1 aromatic carbocycles. The van der Waals surface area contributed by atoms with Gasteiger partial charge in [0.1, 0.15) is 5.60 Å². The fourth-order valence-corrected chi connectivity index (χ4v) is 2.11. The molecule has 0 aliphatic carbocycles. The van der Waals surface area contributed by atoms with E-state index >= 15 is 0 Å². The first kappa shape index (κ1) is 20.0. The number of benzene rings is 1. The van der Waals surface area contributed by atoms with Crippen molar-refractivity contribution in [3.63, 3.8) is 0 Å². The van der Waals surface area contributed by atoms with Gasteiger partial charge < -0.3 is 21.1 Å². The molecular weight excluding hydrogens is 306 g/mol. The minimum Gasteiger partial charge on any atom is -0.444 e. The molecule has 0 aromatic heterocycles. The Morgan fingerprint density at radius 1 is 1.12 bits per heavy atom. The van der Waals surface area contributed by atoms with Crippen LogP contribution in [0.4, 0.5) is 4.79 Å². The number of nitrogens with one attached hydrogen (secondary N) is 2. The van der Waals surface area contributed by atoms with E-state index < -0.39 is 17.7 Å². The molecule has 4 N–H and O–H groups in total. The molecule has 0 fully saturated rings. The summed E-state index contributed by atoms with van der Waals surface area (Å²) in [6.45, 7) is 7.93. The Hall–Kier alpha value is -2.08. The number of carbonyl (C=O) groups is 2. The molecule has 0 radical (unpaired) electrons. The van der Waals surface area contributed by atoms with Crippen LogP contribution >= 0.6 is 0 Å². The molecular formula is C18H29N3O3. The predicted octanol–water partition coefficient (Wildman–Crippen LogP) is 1.83. The summed E-state index contributed by atoms with van der Waals surface area (Å²) in [5, 5.41) is 5.59. The smallest absolute Gasteiger partial charge is 0.407 e. The maximum Gasteiger partial charge on any atom is 0.407 e. The van der Waals surface area contributed by atoms with Crippen molar-refractivity contribution in [1.29, 1.82) is 0 Å². The highest BCUT2D eigenvalue weighted by Gasteiger charge is 2.18. The van der Waals surface area contributed by atoms with Gasteiger partial charge in [-0.05, 0) is 45.6 Å². The lowest BCUT2D eigenvalue weighted by Crippen LogP contribution is -2.43. The monoisotopic (exact) mass is 335 g/mol. The summed E-state index contributed by atoms with van der Waals surface area (Å²) < 4.78 is 5.24. The third kappa shape index (κ3) is 8.53. The van der Waals surface area contributed by atoms with E-state index in [1.165, 1.54) is 0 Å². The van der Waals surface area contributed by atoms with Crippen LogP contribution in [0.3, 0.4) is 0 Å². The standard InChI is InChI=1S/C18H29N3O3/c1-13(19)16(22)20-11-15(10-14-8-6-5-7-9-14)12-21-17(23)24-18(2,3)4/h5-9,13,15H,10-12,19H2,1-4H3,(H,20,22)(H,21,23)/t13-,15?/m1/s1. The molecule has 0 aliphatic rings. The fraction of sp³-hybridized carbons (Fsp3) is 0.556. The highest BCUT2D eigenvalue weighted by atomic mass is 16.6. The summed E-state index contributed by atoms with van der Waals surface area (Å²) in [6, 6.07) is 9.38. The summed E-state index contributed by atoms with van der Waals surface area (Å²) in [5.74, 6) is -0.159. The van der Waals surface area contributed by atoms with Gasteiger partial charge in [0, 0.05) is 13.1 Å². The Labute approximate surface area is 144 Å². The van der Waals surface area contributed by atoms with Crippen LogP contribution in [0.2, 0.25) is 0 Å². The third-order valence-electron chi connectivity index (χ3n) is 3.28. The van der Waals surface area contributed by atoms with Gasteiger partial charge in [-0.3, -0.25) is 4.79 Å². The minimum atomic E-state index is -0.554. The molecule has 24 heavy (non-hydrogen) atoms. The number of hydrogen-bond donors (Lipinski definition) is 3. The summed E-state index contributed by atoms with van der Waals surface area (Å²) in [6.07, 6.45) is 0.273. The van der Waals surface area contributed by atoms with Crippen molar-refractivity contribution in [3.05, 3.63) is 35.9 Å². The van der Waals surface area contributed by atoms with Crippen LogP contribution in [0.1, 0.15) is 33.3 Å². The first-order valence-electron chi connectivity index (χ1n) is 8.21. The predicted molar refractivity (Wildman–Crippen MR) is 94.5 cm³/mol. The number of alkyl carbamates (subject to hydrolysis) is 1. The second kappa shape index (κ2) is 9.27. The average molecular weight is 335 g/mol. The van der Waals surface area contributed by atoms with E-state index in [2.05, 4.69) is 10.6 Å². The van der Waals surface area contributed by atoms with Crippen molar-refractivity contribution in [3.8, 4) is 0 Å². The SMILES string of the molecule is C[C@@H](N)C(=O)NCC(CNC(=O)OC(C)(C)C)Cc1ccccc1. The second-order valence-electron chi connectivity index (χ2n) is 6.97. The van der Waals surface area contributed by atoms with Crippen LogP contribution in [-0.2, 0) is 16.0 Å². The van der Waals surface area contributed by atoms with Gasteiger partial charge in [-0.15, -0.1) is 0 Å². The van der Waals surface area contributed by atoms with Crippen LogP contribution in [0.5, 0.6) is 0 Å². The molecule has 1 unspecified atom stereocenters. The van der Waals surface area contributed by atoms with Crippen LogP contribution in [0.15, 0.2) is 30.3 Å². The summed E-state index contributed by atoms with van der Waals surface area (Å²) in [7, 11) is 0. The van der Waals surface area contributed by atoms with Crippen molar-refractivity contribution >= 4 is 12.0 Å². The molecule has 0 heterocycles. The lowest BCUT2D eigenvalue weighted by atomic mass is 9.99. The molecule has 1 rings (SSSR count). The summed E-state index contributed by atoms with van der Waals surface area (Å²) in [5.41, 5.74) is 6.17. The van der Waals surface area contributed by atoms with Crippen molar-refractivity contribution < 1.29 is 14.3 Å². The Morgan fingerprint density at radius 3 is 2.25 bits per heavy atom. The van der Waals surface area contributed by atoms with E-state index in [0.29, 0.717) is 13.1 Å². The van der Waals surface area contributed by atoms with Gasteiger partial charge in [0.25, 0.3) is 0 Å². The normalized spacial score (nSPS) is 13.7. The maximum atomic E-state index is 11.8. The maximum absolute atomic E-state index is 11.8. The first-order chi connectivity index (χ1) is 11.2. The van der Waals surface area contributed by atoms with Crippen LogP contribution in [-0.4, -0.2) is 36.7 Å². The van der Waals surface area contributed by atoms with Crippen molar-refractivity contribution in [2.24, 2.45) is 11.7 Å². The Balaban J connectivity index is 2.60. The molecule has 6 nitrogen and oxygen atoms in total. The van der Waals surface area contributed by atoms with Gasteiger partial charge in [0.05, 0.1) is 6.04 Å². The molecule has 2 atom stereocenters. The Kier molecular flexibility index (Phi) is 7.71. The summed E-state index contributed by atoms with van der Waals surface area (Å²) in [4.78, 5) is 23.5. The topological polar surface area (TPSA) is 93.5 Å². The lowest BCUT2D eigenvalue weighted by molar-refractivity contribution is -0.122. The van der Waals surface area contributed by atoms with Gasteiger partial charge in [0.15, 0.2) is 0 Å². The highest BCUT2D eigenvalue weighted by Crippen LogP contribution is 2.09. The Morgan fingerprint density at radius 2 is 1.71 bits per heavy atom. The number of hydrogen-bond acceptors (Lipinski definition) is 4. The average Bonchev–Trinajstić information content (AvgIpc) is 2.48. The van der Waals surface area contributed by atoms with Crippen molar-refractivity contribution in [2.75, 3.05) is 13.1 Å². The van der Waals surface area contributed by atoms with Crippen LogP contribution in [0, 0.1) is 5.92 Å². The van der Waals surface area contributed by atoms with E-state index in [4.69, 9.17) is 10.5 Å². The molecule has 0 saturated carbocycles. The summed E-state index contributed by atoms with van der Waals surface area (Å²) >= 11 is 0.